The number of hydrogen-bond acceptors (Lipinski definition) is 4. The van der Waals surface area contributed by atoms with Gasteiger partial charge in [0.25, 0.3) is 5.91 Å². The van der Waals surface area contributed by atoms with Crippen molar-refractivity contribution in [2.45, 2.75) is 6.42 Å². The molecule has 0 bridgehead atoms. The fourth-order valence-electron chi connectivity index (χ4n) is 3.26. The van der Waals surface area contributed by atoms with Crippen molar-refractivity contribution in [3.05, 3.63) is 70.1 Å². The third kappa shape index (κ3) is 3.46. The Morgan fingerprint density at radius 2 is 1.96 bits per heavy atom. The SMILES string of the molecule is NCCN(C(=O)c1cc2c(s1)-c1ccccc1OCC2)c1ccccc1Cl. The van der Waals surface area contributed by atoms with Gasteiger partial charge in [-0.2, -0.15) is 0 Å². The fourth-order valence-corrected chi connectivity index (χ4v) is 4.69. The van der Waals surface area contributed by atoms with E-state index in [1.807, 2.05) is 48.5 Å². The number of nitrogens with zero attached hydrogens (tertiary/aromatic N) is 1. The topological polar surface area (TPSA) is 55.6 Å². The molecule has 1 amide bonds. The van der Waals surface area contributed by atoms with Gasteiger partial charge in [0, 0.05) is 30.0 Å². The van der Waals surface area contributed by atoms with E-state index in [1.165, 1.54) is 11.3 Å². The van der Waals surface area contributed by atoms with Crippen LogP contribution in [-0.4, -0.2) is 25.6 Å². The molecule has 0 radical (unpaired) electrons. The number of anilines is 1. The van der Waals surface area contributed by atoms with Crippen LogP contribution in [-0.2, 0) is 6.42 Å². The van der Waals surface area contributed by atoms with Crippen LogP contribution >= 0.6 is 22.9 Å². The molecule has 27 heavy (non-hydrogen) atoms. The molecule has 138 valence electrons. The molecule has 0 saturated heterocycles. The first-order chi connectivity index (χ1) is 13.2. The molecule has 2 heterocycles. The molecule has 0 atom stereocenters. The van der Waals surface area contributed by atoms with Crippen molar-refractivity contribution in [1.29, 1.82) is 0 Å². The monoisotopic (exact) mass is 398 g/mol. The van der Waals surface area contributed by atoms with Crippen molar-refractivity contribution < 1.29 is 9.53 Å². The minimum atomic E-state index is -0.0787. The van der Waals surface area contributed by atoms with Gasteiger partial charge in [-0.15, -0.1) is 11.3 Å². The zero-order valence-electron chi connectivity index (χ0n) is 14.7. The number of carbonyl (C=O) groups is 1. The lowest BCUT2D eigenvalue weighted by Gasteiger charge is -2.22. The Labute approximate surface area is 167 Å². The van der Waals surface area contributed by atoms with Crippen LogP contribution in [0.5, 0.6) is 5.75 Å². The molecule has 6 heteroatoms. The first kappa shape index (κ1) is 18.0. The summed E-state index contributed by atoms with van der Waals surface area (Å²) in [5.74, 6) is 0.784. The molecule has 0 saturated carbocycles. The number of para-hydroxylation sites is 2. The van der Waals surface area contributed by atoms with E-state index in [9.17, 15) is 4.79 Å². The molecule has 3 aromatic rings. The normalized spacial score (nSPS) is 12.5. The van der Waals surface area contributed by atoms with Gasteiger partial charge in [0.05, 0.1) is 22.2 Å². The summed E-state index contributed by atoms with van der Waals surface area (Å²) in [7, 11) is 0. The van der Waals surface area contributed by atoms with E-state index in [1.54, 1.807) is 11.0 Å². The lowest BCUT2D eigenvalue weighted by atomic mass is 10.1. The highest BCUT2D eigenvalue weighted by atomic mass is 35.5. The summed E-state index contributed by atoms with van der Waals surface area (Å²) in [5.41, 5.74) is 8.62. The second kappa shape index (κ2) is 7.72. The fraction of sp³-hybridized carbons (Fsp3) is 0.190. The Hall–Kier alpha value is -2.34. The summed E-state index contributed by atoms with van der Waals surface area (Å²) in [6.45, 7) is 1.37. The van der Waals surface area contributed by atoms with Crippen LogP contribution in [0.15, 0.2) is 54.6 Å². The molecule has 2 aromatic carbocycles. The number of hydrogen-bond donors (Lipinski definition) is 1. The molecule has 1 aliphatic rings. The van der Waals surface area contributed by atoms with Crippen LogP contribution in [0.4, 0.5) is 5.69 Å². The maximum atomic E-state index is 13.3. The third-order valence-electron chi connectivity index (χ3n) is 4.52. The lowest BCUT2D eigenvalue weighted by Crippen LogP contribution is -2.35. The largest absolute Gasteiger partial charge is 0.493 e. The number of fused-ring (bicyclic) bond motifs is 3. The summed E-state index contributed by atoms with van der Waals surface area (Å²) < 4.78 is 5.84. The summed E-state index contributed by atoms with van der Waals surface area (Å²) in [4.78, 5) is 16.7. The number of rotatable bonds is 4. The van der Waals surface area contributed by atoms with Gasteiger partial charge in [-0.3, -0.25) is 4.79 Å². The Morgan fingerprint density at radius 1 is 1.19 bits per heavy atom. The quantitative estimate of drug-likeness (QED) is 0.698. The van der Waals surface area contributed by atoms with Crippen molar-refractivity contribution in [3.8, 4) is 16.2 Å². The van der Waals surface area contributed by atoms with Crippen molar-refractivity contribution in [2.75, 3.05) is 24.6 Å². The standard InChI is InChI=1S/C21H19ClN2O2S/c22-16-6-2-3-7-17(16)24(11-10-23)21(25)19-13-14-9-12-26-18-8-4-1-5-15(18)20(14)27-19/h1-8,13H,9-12,23H2. The Morgan fingerprint density at radius 3 is 2.78 bits per heavy atom. The smallest absolute Gasteiger partial charge is 0.268 e. The van der Waals surface area contributed by atoms with Crippen LogP contribution < -0.4 is 15.4 Å². The Bertz CT molecular complexity index is 986. The van der Waals surface area contributed by atoms with Crippen molar-refractivity contribution >= 4 is 34.5 Å². The van der Waals surface area contributed by atoms with Crippen LogP contribution in [0.2, 0.25) is 5.02 Å². The molecule has 0 spiro atoms. The van der Waals surface area contributed by atoms with E-state index in [0.717, 1.165) is 28.2 Å². The summed E-state index contributed by atoms with van der Waals surface area (Å²) in [6, 6.07) is 17.3. The third-order valence-corrected chi connectivity index (χ3v) is 6.04. The molecule has 1 aliphatic heterocycles. The average Bonchev–Trinajstić information content (AvgIpc) is 3.03. The van der Waals surface area contributed by atoms with Crippen LogP contribution in [0.1, 0.15) is 15.2 Å². The number of amides is 1. The molecule has 0 fully saturated rings. The molecular formula is C21H19ClN2O2S. The lowest BCUT2D eigenvalue weighted by molar-refractivity contribution is 0.0991. The van der Waals surface area contributed by atoms with E-state index in [4.69, 9.17) is 22.1 Å². The van der Waals surface area contributed by atoms with E-state index in [0.29, 0.717) is 35.3 Å². The van der Waals surface area contributed by atoms with Gasteiger partial charge in [0.15, 0.2) is 0 Å². The van der Waals surface area contributed by atoms with Gasteiger partial charge in [0.1, 0.15) is 5.75 Å². The minimum Gasteiger partial charge on any atom is -0.493 e. The number of ether oxygens (including phenoxy) is 1. The first-order valence-corrected chi connectivity index (χ1v) is 10.00. The zero-order valence-corrected chi connectivity index (χ0v) is 16.2. The molecule has 0 unspecified atom stereocenters. The van der Waals surface area contributed by atoms with Gasteiger partial charge in [-0.25, -0.2) is 0 Å². The van der Waals surface area contributed by atoms with Crippen molar-refractivity contribution in [3.63, 3.8) is 0 Å². The highest BCUT2D eigenvalue weighted by molar-refractivity contribution is 7.17. The van der Waals surface area contributed by atoms with E-state index in [-0.39, 0.29) is 5.91 Å². The van der Waals surface area contributed by atoms with Crippen LogP contribution in [0.25, 0.3) is 10.4 Å². The summed E-state index contributed by atoms with van der Waals surface area (Å²) in [6.07, 6.45) is 0.775. The number of nitrogens with two attached hydrogens (primary N) is 1. The summed E-state index contributed by atoms with van der Waals surface area (Å²) in [5, 5.41) is 0.538. The maximum Gasteiger partial charge on any atom is 0.268 e. The molecular weight excluding hydrogens is 380 g/mol. The van der Waals surface area contributed by atoms with Gasteiger partial charge < -0.3 is 15.4 Å². The Balaban J connectivity index is 1.74. The number of halogens is 1. The number of thiophene rings is 1. The van der Waals surface area contributed by atoms with Crippen molar-refractivity contribution in [2.24, 2.45) is 5.73 Å². The van der Waals surface area contributed by atoms with E-state index < -0.39 is 0 Å². The zero-order chi connectivity index (χ0) is 18.8. The maximum absolute atomic E-state index is 13.3. The number of benzene rings is 2. The van der Waals surface area contributed by atoms with E-state index in [2.05, 4.69) is 0 Å². The molecule has 4 rings (SSSR count). The van der Waals surface area contributed by atoms with Gasteiger partial charge >= 0.3 is 0 Å². The van der Waals surface area contributed by atoms with Crippen molar-refractivity contribution in [1.82, 2.24) is 0 Å². The molecule has 1 aromatic heterocycles. The highest BCUT2D eigenvalue weighted by Gasteiger charge is 2.25. The first-order valence-electron chi connectivity index (χ1n) is 8.80. The molecule has 2 N–H and O–H groups in total. The number of carbonyl (C=O) groups excluding carboxylic acids is 1. The second-order valence-corrected chi connectivity index (χ2v) is 7.72. The summed E-state index contributed by atoms with van der Waals surface area (Å²) >= 11 is 7.83. The molecule has 4 nitrogen and oxygen atoms in total. The second-order valence-electron chi connectivity index (χ2n) is 6.26. The predicted octanol–water partition coefficient (Wildman–Crippen LogP) is 4.61. The minimum absolute atomic E-state index is 0.0787. The van der Waals surface area contributed by atoms with E-state index >= 15 is 0 Å². The Kier molecular flexibility index (Phi) is 5.16. The van der Waals surface area contributed by atoms with Crippen LogP contribution in [0.3, 0.4) is 0 Å². The van der Waals surface area contributed by atoms with Gasteiger partial charge in [0.2, 0.25) is 0 Å². The predicted molar refractivity (Wildman–Crippen MR) is 111 cm³/mol. The van der Waals surface area contributed by atoms with Gasteiger partial charge in [-0.1, -0.05) is 35.9 Å². The van der Waals surface area contributed by atoms with Gasteiger partial charge in [-0.05, 0) is 35.9 Å². The average molecular weight is 399 g/mol. The van der Waals surface area contributed by atoms with Crippen LogP contribution in [0, 0.1) is 0 Å². The molecule has 0 aliphatic carbocycles. The highest BCUT2D eigenvalue weighted by Crippen LogP contribution is 2.41.